The van der Waals surface area contributed by atoms with Gasteiger partial charge in [-0.3, -0.25) is 9.59 Å². The van der Waals surface area contributed by atoms with E-state index in [-0.39, 0.29) is 18.2 Å². The van der Waals surface area contributed by atoms with Gasteiger partial charge in [0, 0.05) is 18.5 Å². The third-order valence-corrected chi connectivity index (χ3v) is 3.77. The lowest BCUT2D eigenvalue weighted by Gasteiger charge is -2.16. The number of carbonyl (C=O) groups excluding carboxylic acids is 2. The third-order valence-electron chi connectivity index (χ3n) is 3.77. The van der Waals surface area contributed by atoms with Gasteiger partial charge in [0.25, 0.3) is 0 Å². The Morgan fingerprint density at radius 2 is 2.11 bits per heavy atom. The number of nitrogens with zero attached hydrogens (tertiary/aromatic N) is 1. The van der Waals surface area contributed by atoms with E-state index in [4.69, 9.17) is 0 Å². The first kappa shape index (κ1) is 13.8. The monoisotopic (exact) mass is 259 g/mol. The molecule has 1 atom stereocenters. The van der Waals surface area contributed by atoms with E-state index in [0.29, 0.717) is 12.3 Å². The van der Waals surface area contributed by atoms with Crippen LogP contribution in [0.25, 0.3) is 0 Å². The van der Waals surface area contributed by atoms with Crippen molar-refractivity contribution in [1.29, 1.82) is 0 Å². The molecule has 0 N–H and O–H groups in total. The zero-order chi connectivity index (χ0) is 13.8. The molecule has 102 valence electrons. The van der Waals surface area contributed by atoms with Crippen LogP contribution in [0.15, 0.2) is 24.3 Å². The highest BCUT2D eigenvalue weighted by atomic mass is 16.2. The molecule has 0 spiro atoms. The molecule has 19 heavy (non-hydrogen) atoms. The Balaban J connectivity index is 2.00. The first-order valence-corrected chi connectivity index (χ1v) is 6.98. The minimum Gasteiger partial charge on any atom is -0.335 e. The average Bonchev–Trinajstić information content (AvgIpc) is 2.70. The van der Waals surface area contributed by atoms with Gasteiger partial charge in [-0.15, -0.1) is 0 Å². The first-order chi connectivity index (χ1) is 9.11. The van der Waals surface area contributed by atoms with E-state index in [0.717, 1.165) is 30.5 Å². The summed E-state index contributed by atoms with van der Waals surface area (Å²) in [6, 6.07) is 7.55. The topological polar surface area (TPSA) is 37.4 Å². The molecule has 2 rings (SSSR count). The van der Waals surface area contributed by atoms with Gasteiger partial charge in [-0.2, -0.15) is 0 Å². The van der Waals surface area contributed by atoms with E-state index in [2.05, 4.69) is 6.92 Å². The maximum Gasteiger partial charge on any atom is 0.223 e. The number of rotatable bonds is 5. The predicted molar refractivity (Wildman–Crippen MR) is 75.1 cm³/mol. The summed E-state index contributed by atoms with van der Waals surface area (Å²) in [6.07, 6.45) is 2.77. The van der Waals surface area contributed by atoms with E-state index in [1.54, 1.807) is 4.90 Å². The summed E-state index contributed by atoms with van der Waals surface area (Å²) in [4.78, 5) is 25.8. The highest BCUT2D eigenvalue weighted by molar-refractivity contribution is 6.00. The van der Waals surface area contributed by atoms with Gasteiger partial charge in [-0.05, 0) is 24.8 Å². The lowest BCUT2D eigenvalue weighted by atomic mass is 10.0. The van der Waals surface area contributed by atoms with Crippen LogP contribution in [0.1, 0.15) is 42.1 Å². The summed E-state index contributed by atoms with van der Waals surface area (Å²) in [7, 11) is 0. The van der Waals surface area contributed by atoms with Crippen LogP contribution in [0.5, 0.6) is 0 Å². The molecule has 1 saturated heterocycles. The van der Waals surface area contributed by atoms with Crippen LogP contribution in [0.3, 0.4) is 0 Å². The number of hydrogen-bond donors (Lipinski definition) is 0. The van der Waals surface area contributed by atoms with Gasteiger partial charge in [-0.25, -0.2) is 0 Å². The largest absolute Gasteiger partial charge is 0.335 e. The Morgan fingerprint density at radius 3 is 2.79 bits per heavy atom. The van der Waals surface area contributed by atoms with Crippen molar-refractivity contribution in [3.05, 3.63) is 35.4 Å². The van der Waals surface area contributed by atoms with Crippen LogP contribution >= 0.6 is 0 Å². The van der Waals surface area contributed by atoms with Crippen molar-refractivity contribution in [2.24, 2.45) is 5.92 Å². The molecule has 1 aliphatic heterocycles. The predicted octanol–water partition coefficient (Wildman–Crippen LogP) is 2.83. The maximum absolute atomic E-state index is 12.2. The van der Waals surface area contributed by atoms with Crippen LogP contribution < -0.4 is 0 Å². The Kier molecular flexibility index (Phi) is 4.35. The Bertz CT molecular complexity index is 481. The minimum absolute atomic E-state index is 0.0450. The molecule has 1 amide bonds. The normalized spacial score (nSPS) is 18.9. The zero-order valence-electron chi connectivity index (χ0n) is 11.7. The summed E-state index contributed by atoms with van der Waals surface area (Å²) in [5, 5.41) is 0. The molecule has 3 nitrogen and oxygen atoms in total. The Hall–Kier alpha value is -1.64. The fraction of sp³-hybridized carbons (Fsp3) is 0.500. The number of aryl methyl sites for hydroxylation is 1. The second kappa shape index (κ2) is 6.00. The molecular formula is C16H21NO2. The molecule has 1 aromatic carbocycles. The smallest absolute Gasteiger partial charge is 0.223 e. The molecule has 1 fully saturated rings. The number of ketones is 1. The second-order valence-electron chi connectivity index (χ2n) is 5.37. The van der Waals surface area contributed by atoms with Crippen molar-refractivity contribution in [2.75, 3.05) is 13.1 Å². The van der Waals surface area contributed by atoms with Crippen molar-refractivity contribution < 1.29 is 9.59 Å². The molecule has 0 radical (unpaired) electrons. The molecule has 0 bridgehead atoms. The van der Waals surface area contributed by atoms with Gasteiger partial charge in [0.05, 0.1) is 6.54 Å². The lowest BCUT2D eigenvalue weighted by Crippen LogP contribution is -2.31. The molecule has 0 aromatic heterocycles. The quantitative estimate of drug-likeness (QED) is 0.762. The first-order valence-electron chi connectivity index (χ1n) is 6.98. The van der Waals surface area contributed by atoms with Crippen LogP contribution in [0.2, 0.25) is 0 Å². The summed E-state index contributed by atoms with van der Waals surface area (Å²) in [5.41, 5.74) is 1.71. The van der Waals surface area contributed by atoms with Crippen molar-refractivity contribution in [1.82, 2.24) is 4.90 Å². The van der Waals surface area contributed by atoms with Gasteiger partial charge >= 0.3 is 0 Å². The van der Waals surface area contributed by atoms with E-state index in [9.17, 15) is 9.59 Å². The van der Waals surface area contributed by atoms with Crippen LogP contribution in [-0.4, -0.2) is 29.7 Å². The fourth-order valence-corrected chi connectivity index (χ4v) is 2.75. The number of likely N-dealkylation sites (tertiary alicyclic amines) is 1. The molecular weight excluding hydrogens is 238 g/mol. The molecule has 0 aliphatic carbocycles. The molecule has 1 heterocycles. The van der Waals surface area contributed by atoms with Crippen LogP contribution in [0, 0.1) is 12.8 Å². The summed E-state index contributed by atoms with van der Waals surface area (Å²) in [6.45, 7) is 5.03. The highest BCUT2D eigenvalue weighted by Gasteiger charge is 2.30. The average molecular weight is 259 g/mol. The number of benzene rings is 1. The maximum atomic E-state index is 12.2. The lowest BCUT2D eigenvalue weighted by molar-refractivity contribution is -0.127. The molecule has 1 aliphatic rings. The fourth-order valence-electron chi connectivity index (χ4n) is 2.75. The van der Waals surface area contributed by atoms with Crippen LogP contribution in [0.4, 0.5) is 0 Å². The Labute approximate surface area is 114 Å². The van der Waals surface area contributed by atoms with Gasteiger partial charge in [-0.1, -0.05) is 37.6 Å². The number of amides is 1. The minimum atomic E-state index is 0.0450. The van der Waals surface area contributed by atoms with Crippen molar-refractivity contribution >= 4 is 11.7 Å². The summed E-state index contributed by atoms with van der Waals surface area (Å²) in [5.74, 6) is 0.603. The zero-order valence-corrected chi connectivity index (χ0v) is 11.7. The number of Topliss-reactive ketones (excluding diaryl/α,β-unsaturated/α-hetero) is 1. The second-order valence-corrected chi connectivity index (χ2v) is 5.37. The summed E-state index contributed by atoms with van der Waals surface area (Å²) < 4.78 is 0. The third kappa shape index (κ3) is 3.22. The summed E-state index contributed by atoms with van der Waals surface area (Å²) >= 11 is 0. The van der Waals surface area contributed by atoms with Gasteiger partial charge in [0.15, 0.2) is 5.78 Å². The molecule has 1 aromatic rings. The van der Waals surface area contributed by atoms with Crippen molar-refractivity contribution in [3.63, 3.8) is 0 Å². The molecule has 0 saturated carbocycles. The molecule has 1 unspecified atom stereocenters. The van der Waals surface area contributed by atoms with Crippen molar-refractivity contribution in [2.45, 2.75) is 33.1 Å². The molecule has 3 heteroatoms. The van der Waals surface area contributed by atoms with E-state index in [1.165, 1.54) is 0 Å². The van der Waals surface area contributed by atoms with Gasteiger partial charge in [0.1, 0.15) is 0 Å². The number of hydrogen-bond acceptors (Lipinski definition) is 2. The Morgan fingerprint density at radius 1 is 1.37 bits per heavy atom. The van der Waals surface area contributed by atoms with Crippen molar-refractivity contribution in [3.8, 4) is 0 Å². The number of carbonyl (C=O) groups is 2. The SMILES string of the molecule is CCCC1CC(=O)N(CC(=O)c2ccccc2C)C1. The van der Waals surface area contributed by atoms with Gasteiger partial charge < -0.3 is 4.90 Å². The van der Waals surface area contributed by atoms with Crippen LogP contribution in [-0.2, 0) is 4.79 Å². The van der Waals surface area contributed by atoms with E-state index in [1.807, 2.05) is 31.2 Å². The highest BCUT2D eigenvalue weighted by Crippen LogP contribution is 2.22. The standard InChI is InChI=1S/C16H21NO2/c1-3-6-13-9-16(19)17(10-13)11-15(18)14-8-5-4-7-12(14)2/h4-5,7-8,13H,3,6,9-11H2,1-2H3. The van der Waals surface area contributed by atoms with E-state index < -0.39 is 0 Å². The van der Waals surface area contributed by atoms with E-state index >= 15 is 0 Å². The van der Waals surface area contributed by atoms with Gasteiger partial charge in [0.2, 0.25) is 5.91 Å².